The van der Waals surface area contributed by atoms with E-state index in [1.165, 1.54) is 0 Å². The Bertz CT molecular complexity index is 888. The fraction of sp³-hybridized carbons (Fsp3) is 0.368. The Morgan fingerprint density at radius 3 is 2.20 bits per heavy atom. The molecule has 0 unspecified atom stereocenters. The summed E-state index contributed by atoms with van der Waals surface area (Å²) in [5.74, 6) is 0. The van der Waals surface area contributed by atoms with Gasteiger partial charge in [-0.2, -0.15) is 4.31 Å². The molecule has 0 aliphatic carbocycles. The molecule has 0 atom stereocenters. The number of nitrogens with zero attached hydrogens (tertiary/aromatic N) is 2. The maximum atomic E-state index is 13.0. The van der Waals surface area contributed by atoms with Gasteiger partial charge in [0.05, 0.1) is 4.90 Å². The Morgan fingerprint density at radius 2 is 1.52 bits per heavy atom. The average molecular weight is 379 g/mol. The van der Waals surface area contributed by atoms with Gasteiger partial charge in [-0.25, -0.2) is 8.42 Å². The molecular weight excluding hydrogens is 356 g/mol. The van der Waals surface area contributed by atoms with E-state index in [1.807, 2.05) is 51.1 Å². The minimum Gasteiger partial charge on any atom is -0.369 e. The average Bonchev–Trinajstić information content (AvgIpc) is 2.59. The summed E-state index contributed by atoms with van der Waals surface area (Å²) in [7, 11) is -3.46. The molecule has 1 aliphatic rings. The summed E-state index contributed by atoms with van der Waals surface area (Å²) >= 11 is 6.12. The van der Waals surface area contributed by atoms with E-state index in [-0.39, 0.29) is 0 Å². The van der Waals surface area contributed by atoms with Crippen LogP contribution < -0.4 is 4.90 Å². The van der Waals surface area contributed by atoms with Crippen molar-refractivity contribution in [3.63, 3.8) is 0 Å². The van der Waals surface area contributed by atoms with E-state index in [0.717, 1.165) is 22.4 Å². The van der Waals surface area contributed by atoms with E-state index in [9.17, 15) is 8.42 Å². The van der Waals surface area contributed by atoms with Crippen LogP contribution in [-0.2, 0) is 10.0 Å². The third kappa shape index (κ3) is 3.68. The molecular formula is C19H23ClN2O2S. The molecule has 134 valence electrons. The first-order chi connectivity index (χ1) is 11.8. The van der Waals surface area contributed by atoms with Crippen molar-refractivity contribution in [3.8, 4) is 0 Å². The molecule has 1 saturated heterocycles. The lowest BCUT2D eigenvalue weighted by molar-refractivity contribution is 0.384. The molecule has 6 heteroatoms. The molecule has 0 amide bonds. The third-order valence-corrected chi connectivity index (χ3v) is 6.99. The number of sulfonamides is 1. The van der Waals surface area contributed by atoms with E-state index >= 15 is 0 Å². The summed E-state index contributed by atoms with van der Waals surface area (Å²) in [5.41, 5.74) is 3.97. The molecule has 0 spiro atoms. The molecule has 4 nitrogen and oxygen atoms in total. The summed E-state index contributed by atoms with van der Waals surface area (Å²) < 4.78 is 27.6. The maximum absolute atomic E-state index is 13.0. The van der Waals surface area contributed by atoms with Gasteiger partial charge >= 0.3 is 0 Å². The second-order valence-corrected chi connectivity index (χ2v) is 8.93. The molecule has 0 N–H and O–H groups in total. The Morgan fingerprint density at radius 1 is 0.880 bits per heavy atom. The highest BCUT2D eigenvalue weighted by Crippen LogP contribution is 2.27. The van der Waals surface area contributed by atoms with Crippen LogP contribution in [0.2, 0.25) is 5.02 Å². The highest BCUT2D eigenvalue weighted by Gasteiger charge is 2.30. The summed E-state index contributed by atoms with van der Waals surface area (Å²) in [6, 6.07) is 11.4. The van der Waals surface area contributed by atoms with Gasteiger partial charge in [0.25, 0.3) is 0 Å². The number of hydrogen-bond acceptors (Lipinski definition) is 3. The standard InChI is InChI=1S/C19H23ClN2O2S/c1-14-4-5-16(3)19(12-14)25(23,24)22-10-8-21(9-11-22)18-13-17(20)7-6-15(18)2/h4-7,12-13H,8-11H2,1-3H3. The van der Waals surface area contributed by atoms with Gasteiger partial charge in [-0.3, -0.25) is 0 Å². The quantitative estimate of drug-likeness (QED) is 0.816. The van der Waals surface area contributed by atoms with Crippen molar-refractivity contribution < 1.29 is 8.42 Å². The Kier molecular flexibility index (Phi) is 5.09. The highest BCUT2D eigenvalue weighted by molar-refractivity contribution is 7.89. The zero-order valence-corrected chi connectivity index (χ0v) is 16.4. The van der Waals surface area contributed by atoms with Crippen LogP contribution in [0.4, 0.5) is 5.69 Å². The first-order valence-electron chi connectivity index (χ1n) is 8.37. The number of halogens is 1. The number of benzene rings is 2. The second kappa shape index (κ2) is 6.98. The molecule has 2 aromatic carbocycles. The molecule has 25 heavy (non-hydrogen) atoms. The molecule has 2 aromatic rings. The fourth-order valence-corrected chi connectivity index (χ4v) is 5.12. The van der Waals surface area contributed by atoms with Gasteiger partial charge in [0.2, 0.25) is 10.0 Å². The zero-order chi connectivity index (χ0) is 18.2. The monoisotopic (exact) mass is 378 g/mol. The number of aryl methyl sites for hydroxylation is 3. The predicted molar refractivity (Wildman–Crippen MR) is 103 cm³/mol. The summed E-state index contributed by atoms with van der Waals surface area (Å²) in [6.07, 6.45) is 0. The lowest BCUT2D eigenvalue weighted by atomic mass is 10.1. The van der Waals surface area contributed by atoms with Crippen LogP contribution >= 0.6 is 11.6 Å². The van der Waals surface area contributed by atoms with Gasteiger partial charge < -0.3 is 4.90 Å². The van der Waals surface area contributed by atoms with Gasteiger partial charge in [0.15, 0.2) is 0 Å². The number of anilines is 1. The Balaban J connectivity index is 1.80. The number of hydrogen-bond donors (Lipinski definition) is 0. The smallest absolute Gasteiger partial charge is 0.243 e. The van der Waals surface area contributed by atoms with E-state index in [1.54, 1.807) is 10.4 Å². The molecule has 0 saturated carbocycles. The fourth-order valence-electron chi connectivity index (χ4n) is 3.22. The van der Waals surface area contributed by atoms with Crippen LogP contribution in [0.5, 0.6) is 0 Å². The molecule has 0 radical (unpaired) electrons. The van der Waals surface area contributed by atoms with Crippen molar-refractivity contribution in [1.29, 1.82) is 0 Å². The highest BCUT2D eigenvalue weighted by atomic mass is 35.5. The van der Waals surface area contributed by atoms with Crippen LogP contribution in [0.3, 0.4) is 0 Å². The molecule has 1 heterocycles. The summed E-state index contributed by atoms with van der Waals surface area (Å²) in [6.45, 7) is 8.07. The first-order valence-corrected chi connectivity index (χ1v) is 10.2. The van der Waals surface area contributed by atoms with Crippen molar-refractivity contribution >= 4 is 27.3 Å². The lowest BCUT2D eigenvalue weighted by Crippen LogP contribution is -2.49. The maximum Gasteiger partial charge on any atom is 0.243 e. The van der Waals surface area contributed by atoms with Crippen molar-refractivity contribution in [2.75, 3.05) is 31.1 Å². The van der Waals surface area contributed by atoms with E-state index in [0.29, 0.717) is 36.1 Å². The zero-order valence-electron chi connectivity index (χ0n) is 14.8. The topological polar surface area (TPSA) is 40.6 Å². The van der Waals surface area contributed by atoms with E-state index in [2.05, 4.69) is 4.90 Å². The lowest BCUT2D eigenvalue weighted by Gasteiger charge is -2.36. The largest absolute Gasteiger partial charge is 0.369 e. The SMILES string of the molecule is Cc1ccc(C)c(S(=O)(=O)N2CCN(c3cc(Cl)ccc3C)CC2)c1. The van der Waals surface area contributed by atoms with Gasteiger partial charge in [0.1, 0.15) is 0 Å². The van der Waals surface area contributed by atoms with Gasteiger partial charge in [-0.15, -0.1) is 0 Å². The minimum absolute atomic E-state index is 0.417. The van der Waals surface area contributed by atoms with Gasteiger partial charge in [-0.05, 0) is 55.7 Å². The Hall–Kier alpha value is -1.56. The van der Waals surface area contributed by atoms with Crippen molar-refractivity contribution in [2.24, 2.45) is 0 Å². The summed E-state index contributed by atoms with van der Waals surface area (Å²) in [4.78, 5) is 2.62. The first kappa shape index (κ1) is 18.2. The van der Waals surface area contributed by atoms with Crippen molar-refractivity contribution in [3.05, 3.63) is 58.1 Å². The van der Waals surface area contributed by atoms with Crippen LogP contribution in [0, 0.1) is 20.8 Å². The van der Waals surface area contributed by atoms with E-state index in [4.69, 9.17) is 11.6 Å². The molecule has 1 fully saturated rings. The minimum atomic E-state index is -3.46. The van der Waals surface area contributed by atoms with Crippen molar-refractivity contribution in [1.82, 2.24) is 4.31 Å². The van der Waals surface area contributed by atoms with Crippen LogP contribution in [0.15, 0.2) is 41.3 Å². The third-order valence-electron chi connectivity index (χ3n) is 4.71. The van der Waals surface area contributed by atoms with Crippen LogP contribution in [0.25, 0.3) is 0 Å². The molecule has 0 aromatic heterocycles. The van der Waals surface area contributed by atoms with Gasteiger partial charge in [-0.1, -0.05) is 29.8 Å². The summed E-state index contributed by atoms with van der Waals surface area (Å²) in [5, 5.41) is 0.700. The molecule has 0 bridgehead atoms. The number of piperazine rings is 1. The van der Waals surface area contributed by atoms with Crippen LogP contribution in [0.1, 0.15) is 16.7 Å². The molecule has 3 rings (SSSR count). The molecule has 1 aliphatic heterocycles. The van der Waals surface area contributed by atoms with Crippen LogP contribution in [-0.4, -0.2) is 38.9 Å². The number of rotatable bonds is 3. The predicted octanol–water partition coefficient (Wildman–Crippen LogP) is 3.78. The second-order valence-electron chi connectivity index (χ2n) is 6.59. The van der Waals surface area contributed by atoms with Gasteiger partial charge in [0, 0.05) is 36.9 Å². The van der Waals surface area contributed by atoms with E-state index < -0.39 is 10.0 Å². The Labute approximate surface area is 155 Å². The van der Waals surface area contributed by atoms with Crippen molar-refractivity contribution in [2.45, 2.75) is 25.7 Å². The normalized spacial score (nSPS) is 16.2.